The van der Waals surface area contributed by atoms with Gasteiger partial charge in [0.25, 0.3) is 0 Å². The van der Waals surface area contributed by atoms with E-state index >= 15 is 4.39 Å². The lowest BCUT2D eigenvalue weighted by molar-refractivity contribution is 0.471. The molecule has 1 fully saturated rings. The number of hydrogen-bond donors (Lipinski definition) is 2. The van der Waals surface area contributed by atoms with Crippen molar-refractivity contribution < 1.29 is 13.9 Å². The molecule has 7 nitrogen and oxygen atoms in total. The van der Waals surface area contributed by atoms with Gasteiger partial charge in [0.15, 0.2) is 5.65 Å². The van der Waals surface area contributed by atoms with E-state index in [4.69, 9.17) is 0 Å². The molecule has 3 heterocycles. The second kappa shape index (κ2) is 8.49. The number of halogens is 2. The third-order valence-electron chi connectivity index (χ3n) is 6.14. The maximum atomic E-state index is 15.4. The highest BCUT2D eigenvalue weighted by Gasteiger charge is 2.27. The van der Waals surface area contributed by atoms with Gasteiger partial charge < -0.3 is 15.3 Å². The summed E-state index contributed by atoms with van der Waals surface area (Å²) in [6.07, 6.45) is 0. The Morgan fingerprint density at radius 1 is 1.09 bits per heavy atom. The molecular formula is C25H23F2N5O2. The fourth-order valence-corrected chi connectivity index (χ4v) is 4.46. The molecule has 0 unspecified atom stereocenters. The Labute approximate surface area is 194 Å². The number of piperazine rings is 1. The second-order valence-electron chi connectivity index (χ2n) is 8.41. The molecule has 174 valence electrons. The van der Waals surface area contributed by atoms with Crippen molar-refractivity contribution in [2.24, 2.45) is 0 Å². The largest absolute Gasteiger partial charge is 0.506 e. The molecule has 0 saturated carbocycles. The van der Waals surface area contributed by atoms with Crippen molar-refractivity contribution in [1.29, 1.82) is 0 Å². The van der Waals surface area contributed by atoms with E-state index in [1.54, 1.807) is 25.1 Å². The number of fused-ring (bicyclic) bond motifs is 1. The van der Waals surface area contributed by atoms with Crippen LogP contribution in [-0.2, 0) is 0 Å². The molecule has 2 aromatic carbocycles. The zero-order chi connectivity index (χ0) is 24.0. The number of aromatic nitrogens is 3. The lowest BCUT2D eigenvalue weighted by Gasteiger charge is -2.35. The van der Waals surface area contributed by atoms with Gasteiger partial charge in [0.05, 0.1) is 11.1 Å². The van der Waals surface area contributed by atoms with Gasteiger partial charge >= 0.3 is 5.69 Å². The summed E-state index contributed by atoms with van der Waals surface area (Å²) in [6, 6.07) is 11.8. The van der Waals surface area contributed by atoms with Crippen LogP contribution in [0, 0.1) is 18.6 Å². The molecule has 1 aliphatic heterocycles. The Morgan fingerprint density at radius 3 is 2.62 bits per heavy atom. The molecule has 0 aliphatic carbocycles. The summed E-state index contributed by atoms with van der Waals surface area (Å²) in [5, 5.41) is 14.2. The third-order valence-corrected chi connectivity index (χ3v) is 6.14. The number of aryl methyl sites for hydroxylation is 1. The van der Waals surface area contributed by atoms with E-state index in [0.717, 1.165) is 0 Å². The minimum atomic E-state index is -0.734. The van der Waals surface area contributed by atoms with Crippen LogP contribution in [0.3, 0.4) is 0 Å². The highest BCUT2D eigenvalue weighted by molar-refractivity contribution is 5.90. The smallest absolute Gasteiger partial charge is 0.355 e. The lowest BCUT2D eigenvalue weighted by atomic mass is 10.1. The van der Waals surface area contributed by atoms with E-state index in [0.29, 0.717) is 36.4 Å². The first kappa shape index (κ1) is 22.0. The quantitative estimate of drug-likeness (QED) is 0.484. The van der Waals surface area contributed by atoms with Crippen molar-refractivity contribution in [3.63, 3.8) is 0 Å². The summed E-state index contributed by atoms with van der Waals surface area (Å²) in [4.78, 5) is 24.1. The average molecular weight is 463 g/mol. The van der Waals surface area contributed by atoms with Crippen LogP contribution in [0.5, 0.6) is 5.75 Å². The maximum Gasteiger partial charge on any atom is 0.355 e. The van der Waals surface area contributed by atoms with Gasteiger partial charge in [-0.05, 0) is 43.7 Å². The molecule has 1 saturated heterocycles. The summed E-state index contributed by atoms with van der Waals surface area (Å²) in [6.45, 7) is 5.64. The molecule has 2 aromatic heterocycles. The molecule has 0 radical (unpaired) electrons. The summed E-state index contributed by atoms with van der Waals surface area (Å²) >= 11 is 0. The van der Waals surface area contributed by atoms with Crippen LogP contribution in [0.4, 0.5) is 14.6 Å². The standard InChI is InChI=1S/C25H23F2N5O2/c1-14-6-5-9-20(33)22(14)32-24-17(23(30-25(32)34)31-11-10-28-13-15(31)2)12-19(27)21(29-24)16-7-3-4-8-18(16)26/h3-9,12,15,28,33H,10-11,13H2,1-2H3/t15-/m0/s1. The highest BCUT2D eigenvalue weighted by Crippen LogP contribution is 2.33. The number of anilines is 1. The van der Waals surface area contributed by atoms with E-state index in [1.165, 1.54) is 34.9 Å². The van der Waals surface area contributed by atoms with E-state index in [-0.39, 0.29) is 34.4 Å². The number of rotatable bonds is 3. The zero-order valence-corrected chi connectivity index (χ0v) is 18.7. The first-order valence-electron chi connectivity index (χ1n) is 11.0. The monoisotopic (exact) mass is 463 g/mol. The highest BCUT2D eigenvalue weighted by atomic mass is 19.1. The fourth-order valence-electron chi connectivity index (χ4n) is 4.46. The minimum Gasteiger partial charge on any atom is -0.506 e. The Kier molecular flexibility index (Phi) is 5.49. The van der Waals surface area contributed by atoms with Crippen molar-refractivity contribution in [2.45, 2.75) is 19.9 Å². The van der Waals surface area contributed by atoms with Gasteiger partial charge in [0, 0.05) is 31.2 Å². The molecule has 2 N–H and O–H groups in total. The maximum absolute atomic E-state index is 15.4. The normalized spacial score (nSPS) is 16.2. The number of pyridine rings is 1. The fraction of sp³-hybridized carbons (Fsp3) is 0.240. The predicted molar refractivity (Wildman–Crippen MR) is 127 cm³/mol. The van der Waals surface area contributed by atoms with Crippen molar-refractivity contribution in [1.82, 2.24) is 19.9 Å². The van der Waals surface area contributed by atoms with Crippen LogP contribution in [0.15, 0.2) is 53.3 Å². The van der Waals surface area contributed by atoms with Gasteiger partial charge in [-0.1, -0.05) is 24.3 Å². The van der Waals surface area contributed by atoms with Crippen LogP contribution in [-0.4, -0.2) is 45.3 Å². The Hall–Kier alpha value is -3.85. The van der Waals surface area contributed by atoms with Crippen molar-refractivity contribution >= 4 is 16.9 Å². The SMILES string of the molecule is Cc1cccc(O)c1-n1c(=O)nc(N2CCNC[C@@H]2C)c2cc(F)c(-c3ccccc3F)nc21. The molecule has 1 atom stereocenters. The van der Waals surface area contributed by atoms with Crippen LogP contribution in [0.1, 0.15) is 12.5 Å². The second-order valence-corrected chi connectivity index (χ2v) is 8.41. The van der Waals surface area contributed by atoms with Crippen LogP contribution < -0.4 is 15.9 Å². The number of aromatic hydroxyl groups is 1. The van der Waals surface area contributed by atoms with E-state index < -0.39 is 17.3 Å². The summed E-state index contributed by atoms with van der Waals surface area (Å²) < 4.78 is 31.1. The number of phenolic OH excluding ortho intramolecular Hbond substituents is 1. The van der Waals surface area contributed by atoms with Crippen molar-refractivity contribution in [2.75, 3.05) is 24.5 Å². The van der Waals surface area contributed by atoms with Gasteiger partial charge in [-0.25, -0.2) is 23.1 Å². The molecule has 4 aromatic rings. The number of nitrogens with one attached hydrogen (secondary N) is 1. The number of hydrogen-bond acceptors (Lipinski definition) is 6. The number of nitrogens with zero attached hydrogens (tertiary/aromatic N) is 4. The number of benzene rings is 2. The zero-order valence-electron chi connectivity index (χ0n) is 18.7. The molecule has 1 aliphatic rings. The summed E-state index contributed by atoms with van der Waals surface area (Å²) in [5.41, 5.74) is -0.0295. The summed E-state index contributed by atoms with van der Waals surface area (Å²) in [7, 11) is 0. The Bertz CT molecular complexity index is 1450. The minimum absolute atomic E-state index is 0.000805. The van der Waals surface area contributed by atoms with Crippen molar-refractivity contribution in [3.05, 3.63) is 76.2 Å². The van der Waals surface area contributed by atoms with Crippen molar-refractivity contribution in [3.8, 4) is 22.7 Å². The number of para-hydroxylation sites is 1. The van der Waals surface area contributed by atoms with Gasteiger partial charge in [-0.2, -0.15) is 4.98 Å². The predicted octanol–water partition coefficient (Wildman–Crippen LogP) is 3.54. The molecule has 5 rings (SSSR count). The lowest BCUT2D eigenvalue weighted by Crippen LogP contribution is -2.50. The molecule has 0 amide bonds. The van der Waals surface area contributed by atoms with Gasteiger partial charge in [-0.15, -0.1) is 0 Å². The topological polar surface area (TPSA) is 83.3 Å². The Balaban J connectivity index is 1.89. The first-order valence-corrected chi connectivity index (χ1v) is 11.0. The first-order chi connectivity index (χ1) is 16.4. The van der Waals surface area contributed by atoms with Crippen LogP contribution in [0.2, 0.25) is 0 Å². The molecular weight excluding hydrogens is 440 g/mol. The van der Waals surface area contributed by atoms with Crippen LogP contribution in [0.25, 0.3) is 28.0 Å². The van der Waals surface area contributed by atoms with E-state index in [1.807, 2.05) is 11.8 Å². The average Bonchev–Trinajstić information content (AvgIpc) is 2.81. The Morgan fingerprint density at radius 2 is 1.88 bits per heavy atom. The molecule has 34 heavy (non-hydrogen) atoms. The summed E-state index contributed by atoms with van der Waals surface area (Å²) in [5.74, 6) is -1.20. The van der Waals surface area contributed by atoms with E-state index in [9.17, 15) is 14.3 Å². The van der Waals surface area contributed by atoms with Gasteiger partial charge in [-0.3, -0.25) is 0 Å². The molecule has 0 spiro atoms. The van der Waals surface area contributed by atoms with Gasteiger partial charge in [0.1, 0.15) is 28.9 Å². The molecule has 0 bridgehead atoms. The van der Waals surface area contributed by atoms with Crippen LogP contribution >= 0.6 is 0 Å². The van der Waals surface area contributed by atoms with Gasteiger partial charge in [0.2, 0.25) is 0 Å². The number of phenols is 1. The molecule has 9 heteroatoms. The third kappa shape index (κ3) is 3.58. The van der Waals surface area contributed by atoms with E-state index in [2.05, 4.69) is 15.3 Å².